The average Bonchev–Trinajstić information content (AvgIpc) is 2.79. The number of ether oxygens (including phenoxy) is 2. The van der Waals surface area contributed by atoms with E-state index in [1.165, 1.54) is 19.2 Å². The van der Waals surface area contributed by atoms with Crippen LogP contribution in [0.3, 0.4) is 0 Å². The number of piperidine rings is 1. The molecule has 0 saturated carbocycles. The number of Topliss-reactive ketones (excluding diaryl/α,β-unsaturated/α-hetero) is 1. The summed E-state index contributed by atoms with van der Waals surface area (Å²) in [4.78, 5) is 26.5. The molecule has 30 heavy (non-hydrogen) atoms. The highest BCUT2D eigenvalue weighted by Crippen LogP contribution is 2.27. The van der Waals surface area contributed by atoms with Gasteiger partial charge in [-0.3, -0.25) is 9.69 Å². The van der Waals surface area contributed by atoms with Gasteiger partial charge in [-0.2, -0.15) is 0 Å². The van der Waals surface area contributed by atoms with Gasteiger partial charge in [0.15, 0.2) is 15.6 Å². The lowest BCUT2D eigenvalue weighted by Gasteiger charge is -2.31. The quantitative estimate of drug-likeness (QED) is 0.492. The number of sulfone groups is 1. The number of nitrogens with zero attached hydrogens (tertiary/aromatic N) is 1. The SMILES string of the molecule is COC(=O)c1ccccc1S(=O)(=O)C1CCN(CC(=O)c2cccc(OC)c2)CC1. The van der Waals surface area contributed by atoms with E-state index in [1.807, 2.05) is 4.90 Å². The largest absolute Gasteiger partial charge is 0.497 e. The third-order valence-electron chi connectivity index (χ3n) is 5.33. The van der Waals surface area contributed by atoms with Crippen LogP contribution in [0.15, 0.2) is 53.4 Å². The van der Waals surface area contributed by atoms with Crippen LogP contribution < -0.4 is 4.74 Å². The van der Waals surface area contributed by atoms with Crippen LogP contribution in [0.1, 0.15) is 33.6 Å². The topological polar surface area (TPSA) is 90.0 Å². The smallest absolute Gasteiger partial charge is 0.339 e. The summed E-state index contributed by atoms with van der Waals surface area (Å²) in [5.41, 5.74) is 0.617. The second kappa shape index (κ2) is 9.40. The molecule has 1 saturated heterocycles. The van der Waals surface area contributed by atoms with E-state index in [1.54, 1.807) is 43.5 Å². The van der Waals surface area contributed by atoms with Crippen molar-refractivity contribution in [3.05, 3.63) is 59.7 Å². The first-order valence-electron chi connectivity index (χ1n) is 9.67. The molecule has 0 radical (unpaired) electrons. The summed E-state index contributed by atoms with van der Waals surface area (Å²) in [7, 11) is -0.915. The predicted molar refractivity (Wildman–Crippen MR) is 112 cm³/mol. The van der Waals surface area contributed by atoms with Crippen molar-refractivity contribution in [2.75, 3.05) is 33.9 Å². The lowest BCUT2D eigenvalue weighted by atomic mass is 10.1. The molecule has 0 aromatic heterocycles. The van der Waals surface area contributed by atoms with Gasteiger partial charge < -0.3 is 9.47 Å². The van der Waals surface area contributed by atoms with E-state index < -0.39 is 21.1 Å². The van der Waals surface area contributed by atoms with Crippen LogP contribution in [0.2, 0.25) is 0 Å². The zero-order chi connectivity index (χ0) is 21.7. The molecule has 2 aromatic rings. The molecule has 0 atom stereocenters. The number of ketones is 1. The van der Waals surface area contributed by atoms with E-state index in [9.17, 15) is 18.0 Å². The highest BCUT2D eigenvalue weighted by molar-refractivity contribution is 7.92. The molecule has 2 aromatic carbocycles. The fourth-order valence-electron chi connectivity index (χ4n) is 3.64. The number of likely N-dealkylation sites (tertiary alicyclic amines) is 1. The van der Waals surface area contributed by atoms with E-state index >= 15 is 0 Å². The van der Waals surface area contributed by atoms with E-state index in [0.717, 1.165) is 0 Å². The molecule has 0 aliphatic carbocycles. The maximum atomic E-state index is 13.1. The summed E-state index contributed by atoms with van der Waals surface area (Å²) in [5.74, 6) is -0.0864. The standard InChI is InChI=1S/C22H25NO6S/c1-28-17-7-5-6-16(14-17)20(24)15-23-12-10-18(11-13-23)30(26,27)21-9-4-3-8-19(21)22(25)29-2/h3-9,14,18H,10-13,15H2,1-2H3. The lowest BCUT2D eigenvalue weighted by Crippen LogP contribution is -2.41. The number of carbonyl (C=O) groups is 2. The molecule has 8 heteroatoms. The van der Waals surface area contributed by atoms with Gasteiger partial charge in [0, 0.05) is 5.56 Å². The highest BCUT2D eigenvalue weighted by Gasteiger charge is 2.34. The van der Waals surface area contributed by atoms with Crippen molar-refractivity contribution in [2.24, 2.45) is 0 Å². The summed E-state index contributed by atoms with van der Waals surface area (Å²) in [6.45, 7) is 1.19. The third-order valence-corrected chi connectivity index (χ3v) is 7.65. The van der Waals surface area contributed by atoms with Gasteiger partial charge in [0.05, 0.1) is 36.5 Å². The number of methoxy groups -OCH3 is 2. The maximum Gasteiger partial charge on any atom is 0.339 e. The molecule has 160 valence electrons. The van der Waals surface area contributed by atoms with Gasteiger partial charge in [0.1, 0.15) is 5.75 Å². The second-order valence-corrected chi connectivity index (χ2v) is 9.36. The van der Waals surface area contributed by atoms with Gasteiger partial charge in [0.25, 0.3) is 0 Å². The van der Waals surface area contributed by atoms with Crippen molar-refractivity contribution < 1.29 is 27.5 Å². The highest BCUT2D eigenvalue weighted by atomic mass is 32.2. The fourth-order valence-corrected chi connectivity index (χ4v) is 5.56. The molecule has 0 unspecified atom stereocenters. The Morgan fingerprint density at radius 2 is 1.73 bits per heavy atom. The van der Waals surface area contributed by atoms with Crippen molar-refractivity contribution in [3.63, 3.8) is 0 Å². The van der Waals surface area contributed by atoms with Crippen LogP contribution in [-0.4, -0.2) is 64.2 Å². The number of hydrogen-bond acceptors (Lipinski definition) is 7. The Morgan fingerprint density at radius 1 is 1.03 bits per heavy atom. The number of rotatable bonds is 7. The van der Waals surface area contributed by atoms with Crippen LogP contribution in [0.5, 0.6) is 5.75 Å². The normalized spacial score (nSPS) is 15.5. The van der Waals surface area contributed by atoms with Crippen molar-refractivity contribution in [3.8, 4) is 5.75 Å². The summed E-state index contributed by atoms with van der Waals surface area (Å²) >= 11 is 0. The predicted octanol–water partition coefficient (Wildman–Crippen LogP) is 2.60. The molecular formula is C22H25NO6S. The molecule has 1 heterocycles. The Bertz CT molecular complexity index is 1030. The van der Waals surface area contributed by atoms with E-state index in [0.29, 0.717) is 37.2 Å². The van der Waals surface area contributed by atoms with E-state index in [-0.39, 0.29) is 22.8 Å². The molecule has 7 nitrogen and oxygen atoms in total. The molecule has 1 aliphatic rings. The molecule has 1 fully saturated rings. The Morgan fingerprint density at radius 3 is 2.40 bits per heavy atom. The number of hydrogen-bond donors (Lipinski definition) is 0. The monoisotopic (exact) mass is 431 g/mol. The lowest BCUT2D eigenvalue weighted by molar-refractivity contribution is 0.0596. The van der Waals surface area contributed by atoms with Gasteiger partial charge in [-0.15, -0.1) is 0 Å². The minimum atomic E-state index is -3.69. The van der Waals surface area contributed by atoms with Crippen molar-refractivity contribution in [1.29, 1.82) is 0 Å². The van der Waals surface area contributed by atoms with Crippen molar-refractivity contribution >= 4 is 21.6 Å². The molecule has 0 N–H and O–H groups in total. The molecule has 0 spiro atoms. The van der Waals surface area contributed by atoms with E-state index in [2.05, 4.69) is 0 Å². The molecule has 0 amide bonds. The maximum absolute atomic E-state index is 13.1. The summed E-state index contributed by atoms with van der Waals surface area (Å²) in [6, 6.07) is 13.1. The van der Waals surface area contributed by atoms with Gasteiger partial charge in [-0.1, -0.05) is 24.3 Å². The zero-order valence-corrected chi connectivity index (χ0v) is 17.9. The summed E-state index contributed by atoms with van der Waals surface area (Å²) in [6.07, 6.45) is 0.784. The summed E-state index contributed by atoms with van der Waals surface area (Å²) in [5, 5.41) is -0.605. The first kappa shape index (κ1) is 22.0. The van der Waals surface area contributed by atoms with Gasteiger partial charge in [-0.05, 0) is 50.2 Å². The molecule has 3 rings (SSSR count). The third kappa shape index (κ3) is 4.71. The Balaban J connectivity index is 1.67. The van der Waals surface area contributed by atoms with Crippen LogP contribution in [0, 0.1) is 0 Å². The van der Waals surface area contributed by atoms with Crippen LogP contribution >= 0.6 is 0 Å². The number of benzene rings is 2. The fraction of sp³-hybridized carbons (Fsp3) is 0.364. The molecule has 0 bridgehead atoms. The van der Waals surface area contributed by atoms with E-state index in [4.69, 9.17) is 9.47 Å². The zero-order valence-electron chi connectivity index (χ0n) is 17.0. The second-order valence-electron chi connectivity index (χ2n) is 7.16. The Labute approximate surface area is 176 Å². The Kier molecular flexibility index (Phi) is 6.89. The van der Waals surface area contributed by atoms with Crippen LogP contribution in [0.25, 0.3) is 0 Å². The molecular weight excluding hydrogens is 406 g/mol. The molecule has 1 aliphatic heterocycles. The number of esters is 1. The van der Waals surface area contributed by atoms with Gasteiger partial charge in [0.2, 0.25) is 0 Å². The van der Waals surface area contributed by atoms with Crippen molar-refractivity contribution in [1.82, 2.24) is 4.90 Å². The van der Waals surface area contributed by atoms with Crippen molar-refractivity contribution in [2.45, 2.75) is 23.0 Å². The number of carbonyl (C=O) groups excluding carboxylic acids is 2. The minimum Gasteiger partial charge on any atom is -0.497 e. The summed E-state index contributed by atoms with van der Waals surface area (Å²) < 4.78 is 36.2. The average molecular weight is 432 g/mol. The van der Waals surface area contributed by atoms with Gasteiger partial charge in [-0.25, -0.2) is 13.2 Å². The van der Waals surface area contributed by atoms with Crippen LogP contribution in [-0.2, 0) is 14.6 Å². The minimum absolute atomic E-state index is 0.00255. The first-order chi connectivity index (χ1) is 14.4. The Hall–Kier alpha value is -2.71. The van der Waals surface area contributed by atoms with Crippen LogP contribution in [0.4, 0.5) is 0 Å². The van der Waals surface area contributed by atoms with Gasteiger partial charge >= 0.3 is 5.97 Å². The first-order valence-corrected chi connectivity index (χ1v) is 11.2.